The Labute approximate surface area is 189 Å². The summed E-state index contributed by atoms with van der Waals surface area (Å²) in [5.41, 5.74) is 0.162. The fourth-order valence-electron chi connectivity index (χ4n) is 4.96. The molecule has 1 fully saturated rings. The summed E-state index contributed by atoms with van der Waals surface area (Å²) >= 11 is 0. The van der Waals surface area contributed by atoms with Crippen molar-refractivity contribution in [2.75, 3.05) is 0 Å². The van der Waals surface area contributed by atoms with Crippen molar-refractivity contribution < 1.29 is 13.9 Å². The number of nitrogens with zero attached hydrogens (tertiary/aromatic N) is 6. The van der Waals surface area contributed by atoms with Gasteiger partial charge in [-0.25, -0.2) is 13.5 Å². The lowest BCUT2D eigenvalue weighted by molar-refractivity contribution is 0.0313. The van der Waals surface area contributed by atoms with Gasteiger partial charge in [0.25, 0.3) is 0 Å². The van der Waals surface area contributed by atoms with Crippen molar-refractivity contribution in [3.05, 3.63) is 48.7 Å². The van der Waals surface area contributed by atoms with E-state index in [9.17, 15) is 9.50 Å². The highest BCUT2D eigenvalue weighted by atomic mass is 19.1. The Kier molecular flexibility index (Phi) is 4.75. The average Bonchev–Trinajstić information content (AvgIpc) is 3.41. The van der Waals surface area contributed by atoms with E-state index in [-0.39, 0.29) is 22.5 Å². The summed E-state index contributed by atoms with van der Waals surface area (Å²) in [6.45, 7) is 7.84. The van der Waals surface area contributed by atoms with Crippen LogP contribution in [-0.4, -0.2) is 52.1 Å². The van der Waals surface area contributed by atoms with Gasteiger partial charge in [0.1, 0.15) is 23.4 Å². The van der Waals surface area contributed by atoms with Gasteiger partial charge in [-0.15, -0.1) is 15.3 Å². The number of rotatable bonds is 3. The van der Waals surface area contributed by atoms with Crippen molar-refractivity contribution in [1.29, 1.82) is 0 Å². The highest BCUT2D eigenvalue weighted by Gasteiger charge is 2.47. The fourth-order valence-corrected chi connectivity index (χ4v) is 4.96. The smallest absolute Gasteiger partial charge is 0.162 e. The number of benzene rings is 1. The van der Waals surface area contributed by atoms with Gasteiger partial charge in [0.2, 0.25) is 0 Å². The lowest BCUT2D eigenvalue weighted by atomic mass is 9.78. The van der Waals surface area contributed by atoms with Crippen molar-refractivity contribution in [3.63, 3.8) is 0 Å². The summed E-state index contributed by atoms with van der Waals surface area (Å²) < 4.78 is 33.2. The van der Waals surface area contributed by atoms with Crippen molar-refractivity contribution in [3.8, 4) is 22.7 Å². The Balaban J connectivity index is 1.54. The number of fused-ring (bicyclic) bond motifs is 1. The molecule has 8 nitrogen and oxygen atoms in total. The molecule has 5 rings (SSSR count). The Morgan fingerprint density at radius 2 is 1.91 bits per heavy atom. The molecule has 0 amide bonds. The van der Waals surface area contributed by atoms with E-state index in [2.05, 4.69) is 39.7 Å². The second kappa shape index (κ2) is 7.31. The first kappa shape index (κ1) is 21.4. The lowest BCUT2D eigenvalue weighted by Crippen LogP contribution is -2.64. The van der Waals surface area contributed by atoms with E-state index < -0.39 is 23.6 Å². The van der Waals surface area contributed by atoms with Crippen LogP contribution in [0.1, 0.15) is 40.2 Å². The largest absolute Gasteiger partial charge is 0.507 e. The topological polar surface area (TPSA) is 93.7 Å². The molecule has 4 heterocycles. The zero-order valence-electron chi connectivity index (χ0n) is 18.8. The highest BCUT2D eigenvalue weighted by Crippen LogP contribution is 2.40. The van der Waals surface area contributed by atoms with Gasteiger partial charge in [0, 0.05) is 34.3 Å². The molecule has 2 atom stereocenters. The number of aromatic nitrogens is 6. The minimum Gasteiger partial charge on any atom is -0.507 e. The van der Waals surface area contributed by atoms with Crippen LogP contribution in [0.4, 0.5) is 8.78 Å². The molecule has 10 heteroatoms. The number of hydrogen-bond donors (Lipinski definition) is 2. The third-order valence-electron chi connectivity index (χ3n) is 6.24. The molecule has 3 aromatic heterocycles. The van der Waals surface area contributed by atoms with Crippen LogP contribution >= 0.6 is 0 Å². The summed E-state index contributed by atoms with van der Waals surface area (Å²) in [6.07, 6.45) is 4.16. The molecule has 0 radical (unpaired) electrons. The van der Waals surface area contributed by atoms with Crippen LogP contribution in [0, 0.1) is 5.82 Å². The summed E-state index contributed by atoms with van der Waals surface area (Å²) in [7, 11) is 0. The lowest BCUT2D eigenvalue weighted by Gasteiger charge is -2.49. The van der Waals surface area contributed by atoms with E-state index in [1.807, 2.05) is 30.7 Å². The summed E-state index contributed by atoms with van der Waals surface area (Å²) in [5.74, 6) is -0.757. The SMILES string of the molecule is CC1(C)C[C@H](n2ccc3cc(-c4cc(F)c(-n5ccnn5)cc4O)nnc32)[C@H](F)C(C)(C)N1. The predicted molar refractivity (Wildman–Crippen MR) is 119 cm³/mol. The maximum Gasteiger partial charge on any atom is 0.162 e. The molecule has 2 N–H and O–H groups in total. The van der Waals surface area contributed by atoms with Crippen LogP contribution in [0.5, 0.6) is 5.75 Å². The molecular formula is C23H25F2N7O. The zero-order chi connectivity index (χ0) is 23.5. The Bertz CT molecular complexity index is 1330. The van der Waals surface area contributed by atoms with Crippen molar-refractivity contribution in [1.82, 2.24) is 35.1 Å². The highest BCUT2D eigenvalue weighted by molar-refractivity contribution is 5.82. The van der Waals surface area contributed by atoms with E-state index in [0.29, 0.717) is 17.8 Å². The molecule has 172 valence electrons. The van der Waals surface area contributed by atoms with E-state index in [1.54, 1.807) is 6.07 Å². The molecule has 33 heavy (non-hydrogen) atoms. The van der Waals surface area contributed by atoms with Gasteiger partial charge < -0.3 is 15.0 Å². The van der Waals surface area contributed by atoms with Gasteiger partial charge in [-0.2, -0.15) is 0 Å². The maximum absolute atomic E-state index is 15.4. The van der Waals surface area contributed by atoms with Crippen molar-refractivity contribution >= 4 is 11.0 Å². The first-order valence-corrected chi connectivity index (χ1v) is 10.7. The Morgan fingerprint density at radius 3 is 2.64 bits per heavy atom. The maximum atomic E-state index is 15.4. The molecule has 1 aliphatic heterocycles. The Hall–Kier alpha value is -3.40. The van der Waals surface area contributed by atoms with E-state index >= 15 is 4.39 Å². The predicted octanol–water partition coefficient (Wildman–Crippen LogP) is 3.95. The third kappa shape index (κ3) is 3.64. The van der Waals surface area contributed by atoms with Gasteiger partial charge in [-0.1, -0.05) is 5.21 Å². The molecule has 0 aliphatic carbocycles. The van der Waals surface area contributed by atoms with E-state index in [4.69, 9.17) is 0 Å². The van der Waals surface area contributed by atoms with Gasteiger partial charge in [-0.3, -0.25) is 0 Å². The third-order valence-corrected chi connectivity index (χ3v) is 6.24. The van der Waals surface area contributed by atoms with E-state index in [0.717, 1.165) is 5.39 Å². The molecule has 1 aliphatic rings. The van der Waals surface area contributed by atoms with Crippen LogP contribution in [0.25, 0.3) is 28.0 Å². The van der Waals surface area contributed by atoms with Crippen LogP contribution < -0.4 is 5.32 Å². The number of alkyl halides is 1. The van der Waals surface area contributed by atoms with Crippen LogP contribution in [0.2, 0.25) is 0 Å². The molecule has 0 saturated carbocycles. The number of hydrogen-bond acceptors (Lipinski definition) is 6. The standard InChI is InChI=1S/C23H25F2N7O/c1-22(2)12-18(20(25)23(3,4)29-22)31-7-5-13-9-16(27-28-21(13)31)14-10-15(24)17(11-19(14)33)32-8-6-26-30-32/h5-11,18,20,29,33H,12H2,1-4H3/t18-,20-/m0/s1. The first-order valence-electron chi connectivity index (χ1n) is 10.7. The van der Waals surface area contributed by atoms with Crippen LogP contribution in [0.15, 0.2) is 42.9 Å². The zero-order valence-corrected chi connectivity index (χ0v) is 18.8. The first-order chi connectivity index (χ1) is 15.6. The van der Waals surface area contributed by atoms with E-state index in [1.165, 1.54) is 29.2 Å². The van der Waals surface area contributed by atoms with Crippen LogP contribution in [0.3, 0.4) is 0 Å². The number of phenols is 1. The number of phenolic OH excluding ortho intramolecular Hbond substituents is 1. The number of piperidine rings is 1. The molecule has 0 bridgehead atoms. The van der Waals surface area contributed by atoms with Crippen LogP contribution in [-0.2, 0) is 0 Å². The summed E-state index contributed by atoms with van der Waals surface area (Å²) in [6, 6.07) is 5.59. The molecule has 0 spiro atoms. The number of halogens is 2. The number of aromatic hydroxyl groups is 1. The second-order valence-corrected chi connectivity index (χ2v) is 9.80. The second-order valence-electron chi connectivity index (χ2n) is 9.80. The normalized spacial score (nSPS) is 22.0. The van der Waals surface area contributed by atoms with Gasteiger partial charge in [0.05, 0.1) is 24.1 Å². The molecule has 4 aromatic rings. The van der Waals surface area contributed by atoms with Gasteiger partial charge in [-0.05, 0) is 52.3 Å². The van der Waals surface area contributed by atoms with Gasteiger partial charge >= 0.3 is 0 Å². The van der Waals surface area contributed by atoms with Crippen molar-refractivity contribution in [2.45, 2.75) is 57.4 Å². The molecular weight excluding hydrogens is 428 g/mol. The fraction of sp³-hybridized carbons (Fsp3) is 0.391. The summed E-state index contributed by atoms with van der Waals surface area (Å²) in [5, 5.41) is 30.6. The Morgan fingerprint density at radius 1 is 1.12 bits per heavy atom. The molecule has 1 aromatic carbocycles. The summed E-state index contributed by atoms with van der Waals surface area (Å²) in [4.78, 5) is 0. The minimum absolute atomic E-state index is 0.0686. The minimum atomic E-state index is -1.13. The molecule has 1 saturated heterocycles. The number of nitrogens with one attached hydrogen (secondary N) is 1. The quantitative estimate of drug-likeness (QED) is 0.488. The average molecular weight is 453 g/mol. The monoisotopic (exact) mass is 453 g/mol. The molecule has 0 unspecified atom stereocenters. The van der Waals surface area contributed by atoms with Crippen molar-refractivity contribution in [2.24, 2.45) is 0 Å². The van der Waals surface area contributed by atoms with Gasteiger partial charge in [0.15, 0.2) is 5.65 Å².